The lowest BCUT2D eigenvalue weighted by Gasteiger charge is -2.22. The van der Waals surface area contributed by atoms with E-state index in [1.807, 2.05) is 0 Å². The monoisotopic (exact) mass is 370 g/mol. The summed E-state index contributed by atoms with van der Waals surface area (Å²) in [6.45, 7) is -1.66. The molecule has 1 saturated heterocycles. The molecule has 0 saturated carbocycles. The number of aromatic carboxylic acids is 1. The maximum atomic E-state index is 12.4. The minimum atomic E-state index is -4.62. The van der Waals surface area contributed by atoms with Crippen LogP contribution in [0, 0.1) is 0 Å². The second-order valence-corrected chi connectivity index (χ2v) is 6.85. The van der Waals surface area contributed by atoms with Crippen LogP contribution in [0.15, 0.2) is 21.6 Å². The summed E-state index contributed by atoms with van der Waals surface area (Å²) in [6, 6.07) is 0.543. The van der Waals surface area contributed by atoms with Crippen molar-refractivity contribution in [3.8, 4) is 0 Å². The van der Waals surface area contributed by atoms with Gasteiger partial charge in [0.25, 0.3) is 10.0 Å². The summed E-state index contributed by atoms with van der Waals surface area (Å²) < 4.78 is 66.8. The summed E-state index contributed by atoms with van der Waals surface area (Å²) in [5.74, 6) is -3.15. The van der Waals surface area contributed by atoms with Gasteiger partial charge in [-0.25, -0.2) is 13.2 Å². The highest BCUT2D eigenvalue weighted by molar-refractivity contribution is 7.89. The number of nitrogens with one attached hydrogen (secondary N) is 1. The van der Waals surface area contributed by atoms with E-state index in [1.54, 1.807) is 5.32 Å². The molecule has 0 spiro atoms. The molecule has 2 rings (SSSR count). The Morgan fingerprint density at radius 2 is 2.04 bits per heavy atom. The number of carbonyl (C=O) groups excluding carboxylic acids is 1. The van der Waals surface area contributed by atoms with E-state index < -0.39 is 51.5 Å². The number of hydrogen-bond donors (Lipinski definition) is 2. The molecule has 2 heterocycles. The van der Waals surface area contributed by atoms with Crippen molar-refractivity contribution in [3.05, 3.63) is 17.9 Å². The normalized spacial score (nSPS) is 19.4. The molecule has 0 aromatic carbocycles. The average Bonchev–Trinajstić information content (AvgIpc) is 3.12. The van der Waals surface area contributed by atoms with Crippen LogP contribution in [0.3, 0.4) is 0 Å². The highest BCUT2D eigenvalue weighted by Crippen LogP contribution is 2.27. The van der Waals surface area contributed by atoms with Gasteiger partial charge in [-0.3, -0.25) is 4.79 Å². The number of nitrogens with zero attached hydrogens (tertiary/aromatic N) is 1. The molecule has 12 heteroatoms. The van der Waals surface area contributed by atoms with Gasteiger partial charge in [0.05, 0.1) is 0 Å². The van der Waals surface area contributed by atoms with Crippen molar-refractivity contribution in [1.29, 1.82) is 0 Å². The third-order valence-corrected chi connectivity index (χ3v) is 5.11. The summed E-state index contributed by atoms with van der Waals surface area (Å²) in [5, 5.41) is 9.70. The van der Waals surface area contributed by atoms with Gasteiger partial charge in [0.15, 0.2) is 0 Å². The lowest BCUT2D eigenvalue weighted by atomic mass is 10.2. The second-order valence-electron chi connectivity index (χ2n) is 5.03. The van der Waals surface area contributed by atoms with Crippen molar-refractivity contribution in [2.24, 2.45) is 0 Å². The average molecular weight is 370 g/mol. The first-order chi connectivity index (χ1) is 11.0. The van der Waals surface area contributed by atoms with E-state index in [2.05, 4.69) is 0 Å². The number of alkyl halides is 3. The molecule has 1 atom stereocenters. The summed E-state index contributed by atoms with van der Waals surface area (Å²) in [6.07, 6.45) is -4.29. The van der Waals surface area contributed by atoms with Crippen molar-refractivity contribution < 1.29 is 40.7 Å². The molecule has 134 valence electrons. The molecule has 0 aliphatic carbocycles. The van der Waals surface area contributed by atoms with Crippen LogP contribution in [0.1, 0.15) is 23.4 Å². The fourth-order valence-corrected chi connectivity index (χ4v) is 3.86. The molecule has 24 heavy (non-hydrogen) atoms. The molecule has 0 radical (unpaired) electrons. The van der Waals surface area contributed by atoms with E-state index in [0.29, 0.717) is 4.31 Å². The lowest BCUT2D eigenvalue weighted by Crippen LogP contribution is -2.47. The minimum absolute atomic E-state index is 0.0510. The van der Waals surface area contributed by atoms with E-state index in [-0.39, 0.29) is 19.4 Å². The van der Waals surface area contributed by atoms with Gasteiger partial charge in [-0.15, -0.1) is 0 Å². The lowest BCUT2D eigenvalue weighted by molar-refractivity contribution is -0.140. The summed E-state index contributed by atoms with van der Waals surface area (Å²) in [4.78, 5) is 22.6. The molecule has 8 nitrogen and oxygen atoms in total. The highest BCUT2D eigenvalue weighted by Gasteiger charge is 2.42. The number of carbonyl (C=O) groups is 2. The SMILES string of the molecule is O=C(O)c1ccc(S(=O)(=O)N2CCCC2C(=O)NCC(F)(F)F)o1. The number of carboxylic acids is 1. The van der Waals surface area contributed by atoms with Crippen LogP contribution in [0.4, 0.5) is 13.2 Å². The van der Waals surface area contributed by atoms with Crippen molar-refractivity contribution in [2.45, 2.75) is 30.2 Å². The van der Waals surface area contributed by atoms with Crippen molar-refractivity contribution in [3.63, 3.8) is 0 Å². The van der Waals surface area contributed by atoms with E-state index in [1.165, 1.54) is 0 Å². The smallest absolute Gasteiger partial charge is 0.405 e. The largest absolute Gasteiger partial charge is 0.475 e. The van der Waals surface area contributed by atoms with Gasteiger partial charge in [-0.2, -0.15) is 17.5 Å². The number of halogens is 3. The van der Waals surface area contributed by atoms with Gasteiger partial charge in [-0.1, -0.05) is 0 Å². The summed E-state index contributed by atoms with van der Waals surface area (Å²) in [5.41, 5.74) is 0. The number of carboxylic acid groups (broad SMARTS) is 1. The third kappa shape index (κ3) is 3.87. The van der Waals surface area contributed by atoms with Gasteiger partial charge in [-0.05, 0) is 25.0 Å². The van der Waals surface area contributed by atoms with Crippen LogP contribution in [0.5, 0.6) is 0 Å². The zero-order valence-corrected chi connectivity index (χ0v) is 12.9. The van der Waals surface area contributed by atoms with Crippen LogP contribution in [-0.2, 0) is 14.8 Å². The van der Waals surface area contributed by atoms with E-state index in [4.69, 9.17) is 9.52 Å². The van der Waals surface area contributed by atoms with Crippen LogP contribution in [0.2, 0.25) is 0 Å². The first-order valence-electron chi connectivity index (χ1n) is 6.72. The number of sulfonamides is 1. The van der Waals surface area contributed by atoms with E-state index >= 15 is 0 Å². The molecule has 2 N–H and O–H groups in total. The molecule has 1 aromatic rings. The molecule has 1 aromatic heterocycles. The predicted molar refractivity (Wildman–Crippen MR) is 71.6 cm³/mol. The first kappa shape index (κ1) is 18.3. The van der Waals surface area contributed by atoms with Crippen molar-refractivity contribution in [2.75, 3.05) is 13.1 Å². The number of amides is 1. The predicted octanol–water partition coefficient (Wildman–Crippen LogP) is 0.809. The quantitative estimate of drug-likeness (QED) is 0.792. The Morgan fingerprint density at radius 3 is 2.58 bits per heavy atom. The Morgan fingerprint density at radius 1 is 1.38 bits per heavy atom. The van der Waals surface area contributed by atoms with Crippen LogP contribution >= 0.6 is 0 Å². The highest BCUT2D eigenvalue weighted by atomic mass is 32.2. The maximum Gasteiger partial charge on any atom is 0.405 e. The van der Waals surface area contributed by atoms with Gasteiger partial charge >= 0.3 is 12.1 Å². The fourth-order valence-electron chi connectivity index (χ4n) is 2.28. The second kappa shape index (κ2) is 6.43. The Hall–Kier alpha value is -2.08. The standard InChI is InChI=1S/C12H13F3N2O6S/c13-12(14,15)6-16-10(18)7-2-1-5-17(7)24(21,22)9-4-3-8(23-9)11(19)20/h3-4,7H,1-2,5-6H2,(H,16,18)(H,19,20). The molecule has 0 bridgehead atoms. The number of rotatable bonds is 5. The number of hydrogen-bond acceptors (Lipinski definition) is 5. The van der Waals surface area contributed by atoms with Crippen molar-refractivity contribution >= 4 is 21.9 Å². The van der Waals surface area contributed by atoms with Gasteiger partial charge in [0.2, 0.25) is 16.8 Å². The van der Waals surface area contributed by atoms with E-state index in [0.717, 1.165) is 12.1 Å². The molecule has 1 aliphatic heterocycles. The summed E-state index contributed by atoms with van der Waals surface area (Å²) >= 11 is 0. The first-order valence-corrected chi connectivity index (χ1v) is 8.16. The van der Waals surface area contributed by atoms with Crippen LogP contribution < -0.4 is 5.32 Å². The Kier molecular flexibility index (Phi) is 4.90. The molecule has 1 unspecified atom stereocenters. The van der Waals surface area contributed by atoms with E-state index in [9.17, 15) is 31.2 Å². The zero-order valence-electron chi connectivity index (χ0n) is 12.0. The summed E-state index contributed by atoms with van der Waals surface area (Å²) in [7, 11) is -4.34. The third-order valence-electron chi connectivity index (χ3n) is 3.32. The molecule has 1 amide bonds. The minimum Gasteiger partial charge on any atom is -0.475 e. The van der Waals surface area contributed by atoms with Gasteiger partial charge in [0.1, 0.15) is 12.6 Å². The maximum absolute atomic E-state index is 12.4. The van der Waals surface area contributed by atoms with Gasteiger partial charge < -0.3 is 14.8 Å². The molecule has 1 aliphatic rings. The van der Waals surface area contributed by atoms with Crippen LogP contribution in [0.25, 0.3) is 0 Å². The number of furan rings is 1. The van der Waals surface area contributed by atoms with Gasteiger partial charge in [0, 0.05) is 6.54 Å². The van der Waals surface area contributed by atoms with Crippen molar-refractivity contribution in [1.82, 2.24) is 9.62 Å². The Balaban J connectivity index is 2.19. The fraction of sp³-hybridized carbons (Fsp3) is 0.500. The zero-order chi connectivity index (χ0) is 18.1. The Bertz CT molecular complexity index is 742. The van der Waals surface area contributed by atoms with Crippen LogP contribution in [-0.4, -0.2) is 55.0 Å². The topological polar surface area (TPSA) is 117 Å². The Labute approximate surface area is 134 Å². The molecular weight excluding hydrogens is 357 g/mol. The molecule has 1 fully saturated rings. The molecular formula is C12H13F3N2O6S.